The summed E-state index contributed by atoms with van der Waals surface area (Å²) >= 11 is 0. The molecule has 0 rings (SSSR count). The number of nitrogens with one attached hydrogen (secondary N) is 1. The highest BCUT2D eigenvalue weighted by atomic mass is 16.5. The van der Waals surface area contributed by atoms with Crippen molar-refractivity contribution in [2.45, 2.75) is 32.2 Å². The number of carbonyl (C=O) groups excluding carboxylic acids is 1. The summed E-state index contributed by atoms with van der Waals surface area (Å²) in [5.41, 5.74) is 5.40. The lowest BCUT2D eigenvalue weighted by Gasteiger charge is -2.16. The molecule has 0 aromatic heterocycles. The summed E-state index contributed by atoms with van der Waals surface area (Å²) < 4.78 is 4.97. The lowest BCUT2D eigenvalue weighted by atomic mass is 10.2. The summed E-state index contributed by atoms with van der Waals surface area (Å²) in [7, 11) is 1.62. The number of methoxy groups -OCH3 is 1. The van der Waals surface area contributed by atoms with Crippen LogP contribution in [0.25, 0.3) is 0 Å². The molecule has 3 N–H and O–H groups in total. The van der Waals surface area contributed by atoms with Gasteiger partial charge in [-0.3, -0.25) is 4.79 Å². The van der Waals surface area contributed by atoms with Crippen LogP contribution in [0.15, 0.2) is 0 Å². The second-order valence-corrected chi connectivity index (χ2v) is 3.05. The summed E-state index contributed by atoms with van der Waals surface area (Å²) in [6.07, 6.45) is 2.21. The van der Waals surface area contributed by atoms with Gasteiger partial charge in [0.1, 0.15) is 0 Å². The lowest BCUT2D eigenvalue weighted by Crippen LogP contribution is -2.39. The van der Waals surface area contributed by atoms with Gasteiger partial charge in [0.15, 0.2) is 0 Å². The third-order valence-electron chi connectivity index (χ3n) is 1.73. The summed E-state index contributed by atoms with van der Waals surface area (Å²) in [6, 6.07) is 0.0639. The molecule has 0 saturated carbocycles. The van der Waals surface area contributed by atoms with Crippen molar-refractivity contribution in [2.75, 3.05) is 20.3 Å². The zero-order valence-corrected chi connectivity index (χ0v) is 8.51. The summed E-state index contributed by atoms with van der Waals surface area (Å²) in [5, 5.41) is 2.88. The zero-order valence-electron chi connectivity index (χ0n) is 8.51. The van der Waals surface area contributed by atoms with Gasteiger partial charge in [-0.05, 0) is 19.4 Å². The molecule has 4 nitrogen and oxygen atoms in total. The van der Waals surface area contributed by atoms with Crippen molar-refractivity contribution < 1.29 is 9.53 Å². The molecule has 1 amide bonds. The standard InChI is InChI=1S/C9H20N2O2/c1-3-4-9(12)11-8(5-6-10)7-13-2/h8H,3-7,10H2,1-2H3,(H,11,12). The molecule has 0 fully saturated rings. The molecule has 0 radical (unpaired) electrons. The number of rotatable bonds is 7. The van der Waals surface area contributed by atoms with Crippen LogP contribution in [0.3, 0.4) is 0 Å². The molecule has 1 atom stereocenters. The minimum absolute atomic E-state index is 0.0639. The molecule has 0 aliphatic rings. The monoisotopic (exact) mass is 188 g/mol. The Morgan fingerprint density at radius 2 is 2.31 bits per heavy atom. The van der Waals surface area contributed by atoms with E-state index in [1.54, 1.807) is 7.11 Å². The maximum Gasteiger partial charge on any atom is 0.220 e. The van der Waals surface area contributed by atoms with Crippen molar-refractivity contribution in [1.29, 1.82) is 0 Å². The molecule has 4 heteroatoms. The predicted molar refractivity (Wildman–Crippen MR) is 52.4 cm³/mol. The Labute approximate surface area is 79.8 Å². The maximum absolute atomic E-state index is 11.2. The highest BCUT2D eigenvalue weighted by molar-refractivity contribution is 5.76. The van der Waals surface area contributed by atoms with E-state index in [0.29, 0.717) is 19.6 Å². The van der Waals surface area contributed by atoms with Gasteiger partial charge in [-0.1, -0.05) is 6.92 Å². The van der Waals surface area contributed by atoms with Gasteiger partial charge in [-0.15, -0.1) is 0 Å². The topological polar surface area (TPSA) is 64.4 Å². The largest absolute Gasteiger partial charge is 0.383 e. The van der Waals surface area contributed by atoms with Crippen LogP contribution < -0.4 is 11.1 Å². The second-order valence-electron chi connectivity index (χ2n) is 3.05. The van der Waals surface area contributed by atoms with Crippen LogP contribution in [0.1, 0.15) is 26.2 Å². The van der Waals surface area contributed by atoms with Crippen molar-refractivity contribution in [3.63, 3.8) is 0 Å². The SMILES string of the molecule is CCCC(=O)NC(CCN)COC. The van der Waals surface area contributed by atoms with Crippen LogP contribution in [0.2, 0.25) is 0 Å². The first-order valence-corrected chi connectivity index (χ1v) is 4.73. The van der Waals surface area contributed by atoms with E-state index >= 15 is 0 Å². The molecular weight excluding hydrogens is 168 g/mol. The van der Waals surface area contributed by atoms with Gasteiger partial charge in [0.2, 0.25) is 5.91 Å². The molecule has 78 valence electrons. The Balaban J connectivity index is 3.71. The van der Waals surface area contributed by atoms with Crippen LogP contribution in [0, 0.1) is 0 Å². The first-order chi connectivity index (χ1) is 6.24. The first kappa shape index (κ1) is 12.4. The van der Waals surface area contributed by atoms with E-state index in [1.165, 1.54) is 0 Å². The third-order valence-corrected chi connectivity index (χ3v) is 1.73. The fourth-order valence-electron chi connectivity index (χ4n) is 1.13. The molecule has 0 bridgehead atoms. The van der Waals surface area contributed by atoms with Crippen molar-refractivity contribution in [3.05, 3.63) is 0 Å². The number of amides is 1. The van der Waals surface area contributed by atoms with Crippen LogP contribution in [-0.4, -0.2) is 32.2 Å². The fourth-order valence-corrected chi connectivity index (χ4v) is 1.13. The number of hydrogen-bond donors (Lipinski definition) is 2. The average molecular weight is 188 g/mol. The van der Waals surface area contributed by atoms with E-state index in [4.69, 9.17) is 10.5 Å². The summed E-state index contributed by atoms with van der Waals surface area (Å²) in [4.78, 5) is 11.2. The first-order valence-electron chi connectivity index (χ1n) is 4.73. The molecule has 0 aromatic rings. The van der Waals surface area contributed by atoms with E-state index < -0.39 is 0 Å². The number of ether oxygens (including phenoxy) is 1. The van der Waals surface area contributed by atoms with Crippen molar-refractivity contribution in [3.8, 4) is 0 Å². The Morgan fingerprint density at radius 3 is 2.77 bits per heavy atom. The average Bonchev–Trinajstić information content (AvgIpc) is 2.05. The van der Waals surface area contributed by atoms with Gasteiger partial charge < -0.3 is 15.8 Å². The normalized spacial score (nSPS) is 12.5. The van der Waals surface area contributed by atoms with Gasteiger partial charge in [0.25, 0.3) is 0 Å². The van der Waals surface area contributed by atoms with Crippen LogP contribution in [0.4, 0.5) is 0 Å². The molecule has 0 heterocycles. The summed E-state index contributed by atoms with van der Waals surface area (Å²) in [5.74, 6) is 0.0815. The third kappa shape index (κ3) is 6.54. The minimum atomic E-state index is 0.0639. The maximum atomic E-state index is 11.2. The smallest absolute Gasteiger partial charge is 0.220 e. The molecule has 0 aliphatic heterocycles. The molecule has 0 aromatic carbocycles. The highest BCUT2D eigenvalue weighted by Gasteiger charge is 2.09. The van der Waals surface area contributed by atoms with E-state index in [0.717, 1.165) is 12.8 Å². The van der Waals surface area contributed by atoms with Crippen molar-refractivity contribution in [2.24, 2.45) is 5.73 Å². The molecule has 0 aliphatic carbocycles. The van der Waals surface area contributed by atoms with E-state index in [9.17, 15) is 4.79 Å². The minimum Gasteiger partial charge on any atom is -0.383 e. The summed E-state index contributed by atoms with van der Waals surface area (Å²) in [6.45, 7) is 3.08. The fraction of sp³-hybridized carbons (Fsp3) is 0.889. The van der Waals surface area contributed by atoms with E-state index in [-0.39, 0.29) is 11.9 Å². The second kappa shape index (κ2) is 8.01. The number of hydrogen-bond acceptors (Lipinski definition) is 3. The number of carbonyl (C=O) groups is 1. The predicted octanol–water partition coefficient (Wildman–Crippen LogP) is 0.267. The number of nitrogens with two attached hydrogens (primary N) is 1. The Kier molecular flexibility index (Phi) is 7.63. The van der Waals surface area contributed by atoms with E-state index in [1.807, 2.05) is 6.92 Å². The molecule has 0 spiro atoms. The lowest BCUT2D eigenvalue weighted by molar-refractivity contribution is -0.122. The van der Waals surface area contributed by atoms with Crippen LogP contribution in [0.5, 0.6) is 0 Å². The molecule has 13 heavy (non-hydrogen) atoms. The molecular formula is C9H20N2O2. The molecule has 0 saturated heterocycles. The van der Waals surface area contributed by atoms with Gasteiger partial charge in [0, 0.05) is 13.5 Å². The van der Waals surface area contributed by atoms with Crippen LogP contribution in [-0.2, 0) is 9.53 Å². The van der Waals surface area contributed by atoms with Gasteiger partial charge in [0.05, 0.1) is 12.6 Å². The molecule has 1 unspecified atom stereocenters. The van der Waals surface area contributed by atoms with Gasteiger partial charge >= 0.3 is 0 Å². The van der Waals surface area contributed by atoms with Crippen molar-refractivity contribution >= 4 is 5.91 Å². The van der Waals surface area contributed by atoms with Crippen molar-refractivity contribution in [1.82, 2.24) is 5.32 Å². The van der Waals surface area contributed by atoms with Gasteiger partial charge in [-0.2, -0.15) is 0 Å². The zero-order chi connectivity index (χ0) is 10.1. The van der Waals surface area contributed by atoms with Gasteiger partial charge in [-0.25, -0.2) is 0 Å². The van der Waals surface area contributed by atoms with E-state index in [2.05, 4.69) is 5.32 Å². The van der Waals surface area contributed by atoms with Crippen LogP contribution >= 0.6 is 0 Å². The Hall–Kier alpha value is -0.610. The quantitative estimate of drug-likeness (QED) is 0.602. The highest BCUT2D eigenvalue weighted by Crippen LogP contribution is 1.94. The Bertz CT molecular complexity index is 134. The Morgan fingerprint density at radius 1 is 1.62 bits per heavy atom.